The van der Waals surface area contributed by atoms with Crippen LogP contribution in [0.25, 0.3) is 11.3 Å². The fourth-order valence-electron chi connectivity index (χ4n) is 3.75. The van der Waals surface area contributed by atoms with Gasteiger partial charge in [0.05, 0.1) is 11.4 Å². The van der Waals surface area contributed by atoms with Gasteiger partial charge in [-0.3, -0.25) is 0 Å². The smallest absolute Gasteiger partial charge is 0.169 e. The molecule has 0 aliphatic carbocycles. The van der Waals surface area contributed by atoms with Crippen LogP contribution in [0.1, 0.15) is 19.0 Å². The Balaban J connectivity index is 1.53. The molecule has 3 heterocycles. The lowest BCUT2D eigenvalue weighted by molar-refractivity contribution is 0.253. The zero-order valence-corrected chi connectivity index (χ0v) is 17.9. The van der Waals surface area contributed by atoms with E-state index in [-0.39, 0.29) is 5.75 Å². The molecule has 1 aromatic carbocycles. The van der Waals surface area contributed by atoms with Gasteiger partial charge in [0.2, 0.25) is 0 Å². The molecule has 3 aromatic rings. The number of phenolic OH excluding ortho intramolecular Hbond substituents is 1. The summed E-state index contributed by atoms with van der Waals surface area (Å²) in [6, 6.07) is 12.9. The van der Waals surface area contributed by atoms with Crippen LogP contribution < -0.4 is 15.5 Å². The minimum atomic E-state index is -0.686. The maximum atomic E-state index is 10.2. The lowest BCUT2D eigenvalue weighted by Gasteiger charge is -2.25. The molecule has 32 heavy (non-hydrogen) atoms. The van der Waals surface area contributed by atoms with E-state index in [0.29, 0.717) is 22.8 Å². The normalized spacial score (nSPS) is 14.9. The van der Waals surface area contributed by atoms with Crippen LogP contribution in [-0.2, 0) is 0 Å². The summed E-state index contributed by atoms with van der Waals surface area (Å²) in [5.74, 6) is 6.17. The molecule has 164 valence electrons. The average molecular weight is 431 g/mol. The number of pyridine rings is 1. The number of nitrogen functional groups attached to an aromatic ring is 1. The lowest BCUT2D eigenvalue weighted by atomic mass is 10.1. The highest BCUT2D eigenvalue weighted by atomic mass is 16.3. The predicted molar refractivity (Wildman–Crippen MR) is 125 cm³/mol. The molecule has 1 saturated heterocycles. The number of para-hydroxylation sites is 1. The molecule has 4 rings (SSSR count). The molecule has 0 radical (unpaired) electrons. The van der Waals surface area contributed by atoms with E-state index in [4.69, 9.17) is 5.73 Å². The van der Waals surface area contributed by atoms with E-state index in [1.807, 2.05) is 30.3 Å². The first-order valence-electron chi connectivity index (χ1n) is 10.6. The van der Waals surface area contributed by atoms with Crippen molar-refractivity contribution < 1.29 is 10.2 Å². The summed E-state index contributed by atoms with van der Waals surface area (Å²) in [4.78, 5) is 8.78. The molecule has 8 nitrogen and oxygen atoms in total. The van der Waals surface area contributed by atoms with Crippen LogP contribution >= 0.6 is 0 Å². The van der Waals surface area contributed by atoms with Crippen molar-refractivity contribution in [1.29, 1.82) is 0 Å². The minimum absolute atomic E-state index is 0.159. The number of aromatic hydroxyl groups is 1. The van der Waals surface area contributed by atoms with E-state index in [2.05, 4.69) is 36.8 Å². The van der Waals surface area contributed by atoms with Crippen molar-refractivity contribution in [3.63, 3.8) is 0 Å². The molecule has 1 fully saturated rings. The Kier molecular flexibility index (Phi) is 6.38. The summed E-state index contributed by atoms with van der Waals surface area (Å²) in [5.41, 5.74) is 9.89. The number of nitrogens with zero attached hydrogens (tertiary/aromatic N) is 5. The Labute approximate surface area is 187 Å². The van der Waals surface area contributed by atoms with Gasteiger partial charge in [-0.05, 0) is 49.6 Å². The number of aromatic nitrogens is 3. The van der Waals surface area contributed by atoms with Crippen molar-refractivity contribution in [2.75, 3.05) is 41.7 Å². The van der Waals surface area contributed by atoms with Gasteiger partial charge in [-0.25, -0.2) is 4.98 Å². The Morgan fingerprint density at radius 2 is 1.81 bits per heavy atom. The molecule has 4 N–H and O–H groups in total. The molecule has 1 unspecified atom stereocenters. The Hall–Kier alpha value is -3.83. The van der Waals surface area contributed by atoms with Gasteiger partial charge in [0.15, 0.2) is 5.82 Å². The SMILES string of the molecule is CC(O)C#Cc1cc(N2CCCN(c3cc(-c4ccccc4O)nnc3N)CC2)ccn1. The average Bonchev–Trinajstić information content (AvgIpc) is 3.05. The number of aliphatic hydroxyl groups excluding tert-OH is 1. The standard InChI is InChI=1S/C24H26N6O2/c1-17(31)7-8-18-15-19(9-10-26-18)29-11-4-12-30(14-13-29)22-16-21(27-28-24(22)25)20-5-2-3-6-23(20)32/h2-3,5-6,9-10,15-17,31-32H,4,11-14H2,1H3,(H2,25,28). The zero-order chi connectivity index (χ0) is 22.5. The van der Waals surface area contributed by atoms with Crippen LogP contribution in [0.4, 0.5) is 17.2 Å². The number of hydrogen-bond acceptors (Lipinski definition) is 8. The van der Waals surface area contributed by atoms with Crippen molar-refractivity contribution in [1.82, 2.24) is 15.2 Å². The summed E-state index contributed by atoms with van der Waals surface area (Å²) in [5, 5.41) is 27.9. The van der Waals surface area contributed by atoms with E-state index in [0.717, 1.165) is 44.0 Å². The Bertz CT molecular complexity index is 1150. The molecule has 0 saturated carbocycles. The highest BCUT2D eigenvalue weighted by molar-refractivity contribution is 5.74. The largest absolute Gasteiger partial charge is 0.507 e. The van der Waals surface area contributed by atoms with Crippen LogP contribution in [0.5, 0.6) is 5.75 Å². The van der Waals surface area contributed by atoms with Gasteiger partial charge in [0.1, 0.15) is 17.5 Å². The second-order valence-corrected chi connectivity index (χ2v) is 7.69. The van der Waals surface area contributed by atoms with E-state index in [1.165, 1.54) is 0 Å². The quantitative estimate of drug-likeness (QED) is 0.543. The molecule has 0 spiro atoms. The van der Waals surface area contributed by atoms with Crippen LogP contribution in [0.3, 0.4) is 0 Å². The van der Waals surface area contributed by atoms with Gasteiger partial charge in [0, 0.05) is 43.6 Å². The second-order valence-electron chi connectivity index (χ2n) is 7.69. The van der Waals surface area contributed by atoms with Gasteiger partial charge in [-0.1, -0.05) is 18.1 Å². The summed E-state index contributed by atoms with van der Waals surface area (Å²) >= 11 is 0. The van der Waals surface area contributed by atoms with Gasteiger partial charge in [-0.2, -0.15) is 0 Å². The number of phenols is 1. The number of rotatable bonds is 3. The van der Waals surface area contributed by atoms with Gasteiger partial charge in [-0.15, -0.1) is 10.2 Å². The van der Waals surface area contributed by atoms with Crippen molar-refractivity contribution in [2.24, 2.45) is 0 Å². The first kappa shape index (κ1) is 21.4. The third kappa shape index (κ3) is 4.90. The highest BCUT2D eigenvalue weighted by Crippen LogP contribution is 2.31. The number of hydrogen-bond donors (Lipinski definition) is 3. The fraction of sp³-hybridized carbons (Fsp3) is 0.292. The van der Waals surface area contributed by atoms with Gasteiger partial charge >= 0.3 is 0 Å². The Morgan fingerprint density at radius 3 is 2.62 bits per heavy atom. The van der Waals surface area contributed by atoms with Crippen molar-refractivity contribution >= 4 is 17.2 Å². The molecule has 1 aliphatic rings. The van der Waals surface area contributed by atoms with Crippen LogP contribution in [-0.4, -0.2) is 57.7 Å². The predicted octanol–water partition coefficient (Wildman–Crippen LogP) is 2.28. The number of anilines is 3. The summed E-state index contributed by atoms with van der Waals surface area (Å²) in [6.45, 7) is 4.89. The topological polar surface area (TPSA) is 112 Å². The van der Waals surface area contributed by atoms with E-state index < -0.39 is 6.10 Å². The zero-order valence-electron chi connectivity index (χ0n) is 17.9. The van der Waals surface area contributed by atoms with Gasteiger partial charge < -0.3 is 25.7 Å². The summed E-state index contributed by atoms with van der Waals surface area (Å²) in [7, 11) is 0. The molecule has 1 atom stereocenters. The van der Waals surface area contributed by atoms with E-state index >= 15 is 0 Å². The molecule has 2 aromatic heterocycles. The highest BCUT2D eigenvalue weighted by Gasteiger charge is 2.19. The van der Waals surface area contributed by atoms with Crippen molar-refractivity contribution in [2.45, 2.75) is 19.4 Å². The maximum absolute atomic E-state index is 10.2. The first-order valence-corrected chi connectivity index (χ1v) is 10.6. The molecular weight excluding hydrogens is 404 g/mol. The molecule has 0 amide bonds. The monoisotopic (exact) mass is 430 g/mol. The third-order valence-electron chi connectivity index (χ3n) is 5.34. The summed E-state index contributed by atoms with van der Waals surface area (Å²) in [6.07, 6.45) is 1.99. The van der Waals surface area contributed by atoms with Crippen LogP contribution in [0.15, 0.2) is 48.7 Å². The van der Waals surface area contributed by atoms with Crippen LogP contribution in [0, 0.1) is 11.8 Å². The summed E-state index contributed by atoms with van der Waals surface area (Å²) < 4.78 is 0. The lowest BCUT2D eigenvalue weighted by Crippen LogP contribution is -2.31. The van der Waals surface area contributed by atoms with Crippen molar-refractivity contribution in [3.8, 4) is 28.8 Å². The number of benzene rings is 1. The fourth-order valence-corrected chi connectivity index (χ4v) is 3.75. The first-order chi connectivity index (χ1) is 15.5. The number of aliphatic hydroxyl groups is 1. The molecule has 0 bridgehead atoms. The van der Waals surface area contributed by atoms with Crippen LogP contribution in [0.2, 0.25) is 0 Å². The maximum Gasteiger partial charge on any atom is 0.169 e. The molecule has 8 heteroatoms. The van der Waals surface area contributed by atoms with Gasteiger partial charge in [0.25, 0.3) is 0 Å². The minimum Gasteiger partial charge on any atom is -0.507 e. The van der Waals surface area contributed by atoms with E-state index in [9.17, 15) is 10.2 Å². The van der Waals surface area contributed by atoms with Crippen molar-refractivity contribution in [3.05, 3.63) is 54.4 Å². The second kappa shape index (κ2) is 9.54. The molecule has 1 aliphatic heterocycles. The Morgan fingerprint density at radius 1 is 1.03 bits per heavy atom. The number of nitrogens with two attached hydrogens (primary N) is 1. The third-order valence-corrected chi connectivity index (χ3v) is 5.34. The van der Waals surface area contributed by atoms with E-state index in [1.54, 1.807) is 25.3 Å². The molecular formula is C24H26N6O2.